The fourth-order valence-corrected chi connectivity index (χ4v) is 4.01. The molecular weight excluding hydrogens is 318 g/mol. The van der Waals surface area contributed by atoms with Crippen molar-refractivity contribution in [3.63, 3.8) is 0 Å². The number of hydrogen-bond donors (Lipinski definition) is 2. The van der Waals surface area contributed by atoms with Gasteiger partial charge in [-0.15, -0.1) is 10.2 Å². The van der Waals surface area contributed by atoms with Gasteiger partial charge in [0.15, 0.2) is 15.5 Å². The molecule has 1 unspecified atom stereocenters. The van der Waals surface area contributed by atoms with Crippen molar-refractivity contribution in [3.05, 3.63) is 17.8 Å². The number of amides is 1. The average molecular weight is 341 g/mol. The summed E-state index contributed by atoms with van der Waals surface area (Å²) in [5.41, 5.74) is 0.249. The maximum Gasteiger partial charge on any atom is 0.271 e. The minimum absolute atomic E-state index is 0.114. The summed E-state index contributed by atoms with van der Waals surface area (Å²) < 4.78 is 22.8. The highest BCUT2D eigenvalue weighted by atomic mass is 32.2. The van der Waals surface area contributed by atoms with Crippen molar-refractivity contribution >= 4 is 21.6 Å². The van der Waals surface area contributed by atoms with Crippen molar-refractivity contribution in [1.82, 2.24) is 20.4 Å². The van der Waals surface area contributed by atoms with Gasteiger partial charge in [-0.25, -0.2) is 8.42 Å². The van der Waals surface area contributed by atoms with Crippen LogP contribution in [0.4, 0.5) is 5.82 Å². The second kappa shape index (κ2) is 7.69. The van der Waals surface area contributed by atoms with Gasteiger partial charge in [0.2, 0.25) is 0 Å². The van der Waals surface area contributed by atoms with Gasteiger partial charge in [0.25, 0.3) is 5.91 Å². The van der Waals surface area contributed by atoms with E-state index in [4.69, 9.17) is 0 Å². The number of carbonyl (C=O) groups is 1. The quantitative estimate of drug-likeness (QED) is 0.659. The Kier molecular flexibility index (Phi) is 5.89. The highest BCUT2D eigenvalue weighted by molar-refractivity contribution is 7.91. The smallest absolute Gasteiger partial charge is 0.271 e. The molecule has 1 aliphatic rings. The van der Waals surface area contributed by atoms with Gasteiger partial charge in [-0.1, -0.05) is 0 Å². The number of nitrogens with zero attached hydrogens (tertiary/aromatic N) is 3. The Morgan fingerprint density at radius 1 is 1.35 bits per heavy atom. The molecular formula is C14H23N5O3S. The van der Waals surface area contributed by atoms with E-state index in [0.717, 1.165) is 13.0 Å². The highest BCUT2D eigenvalue weighted by Gasteiger charge is 2.27. The van der Waals surface area contributed by atoms with Crippen LogP contribution in [0.1, 0.15) is 23.3 Å². The number of hydrogen-bond acceptors (Lipinski definition) is 7. The molecule has 8 nitrogen and oxygen atoms in total. The maximum absolute atomic E-state index is 11.9. The molecule has 0 spiro atoms. The summed E-state index contributed by atoms with van der Waals surface area (Å²) in [6, 6.07) is 3.09. The van der Waals surface area contributed by atoms with Crippen molar-refractivity contribution in [1.29, 1.82) is 0 Å². The van der Waals surface area contributed by atoms with Crippen LogP contribution < -0.4 is 10.6 Å². The zero-order valence-corrected chi connectivity index (χ0v) is 14.3. The first-order chi connectivity index (χ1) is 10.9. The van der Waals surface area contributed by atoms with E-state index in [1.165, 1.54) is 0 Å². The first kappa shape index (κ1) is 17.6. The van der Waals surface area contributed by atoms with Crippen LogP contribution in [0.2, 0.25) is 0 Å². The highest BCUT2D eigenvalue weighted by Crippen LogP contribution is 2.15. The topological polar surface area (TPSA) is 104 Å². The van der Waals surface area contributed by atoms with Crippen LogP contribution in [0.25, 0.3) is 0 Å². The summed E-state index contributed by atoms with van der Waals surface area (Å²) in [4.78, 5) is 14.0. The lowest BCUT2D eigenvalue weighted by Crippen LogP contribution is -2.28. The normalized spacial score (nSPS) is 19.7. The molecule has 128 valence electrons. The van der Waals surface area contributed by atoms with Crippen molar-refractivity contribution in [3.8, 4) is 0 Å². The van der Waals surface area contributed by atoms with Crippen molar-refractivity contribution < 1.29 is 13.2 Å². The zero-order valence-electron chi connectivity index (χ0n) is 13.4. The Morgan fingerprint density at radius 2 is 2.13 bits per heavy atom. The van der Waals surface area contributed by atoms with E-state index in [1.54, 1.807) is 12.1 Å². The molecule has 2 rings (SSSR count). The van der Waals surface area contributed by atoms with Crippen LogP contribution >= 0.6 is 0 Å². The Balaban J connectivity index is 1.81. The summed E-state index contributed by atoms with van der Waals surface area (Å²) in [6.07, 6.45) is 1.43. The lowest BCUT2D eigenvalue weighted by atomic mass is 10.2. The van der Waals surface area contributed by atoms with Crippen LogP contribution in [-0.2, 0) is 9.84 Å². The van der Waals surface area contributed by atoms with Crippen LogP contribution in [0.15, 0.2) is 12.1 Å². The van der Waals surface area contributed by atoms with E-state index < -0.39 is 9.84 Å². The van der Waals surface area contributed by atoms with Crippen LogP contribution in [0.5, 0.6) is 0 Å². The number of nitrogens with one attached hydrogen (secondary N) is 2. The second-order valence-electron chi connectivity index (χ2n) is 5.96. The summed E-state index contributed by atoms with van der Waals surface area (Å²) >= 11 is 0. The van der Waals surface area contributed by atoms with E-state index >= 15 is 0 Å². The summed E-state index contributed by atoms with van der Waals surface area (Å²) in [5.74, 6) is 0.538. The second-order valence-corrected chi connectivity index (χ2v) is 8.19. The van der Waals surface area contributed by atoms with E-state index in [-0.39, 0.29) is 29.1 Å². The SMILES string of the molecule is CN(C)CCCNC(=O)c1ccc(NC2CCS(=O)(=O)C2)nn1. The predicted molar refractivity (Wildman–Crippen MR) is 88.2 cm³/mol. The summed E-state index contributed by atoms with van der Waals surface area (Å²) in [5, 5.41) is 13.7. The van der Waals surface area contributed by atoms with Crippen LogP contribution in [-0.4, -0.2) is 74.2 Å². The lowest BCUT2D eigenvalue weighted by Gasteiger charge is -2.11. The largest absolute Gasteiger partial charge is 0.365 e. The van der Waals surface area contributed by atoms with Gasteiger partial charge in [0, 0.05) is 12.6 Å². The van der Waals surface area contributed by atoms with Gasteiger partial charge in [0.1, 0.15) is 5.82 Å². The number of sulfone groups is 1. The Bertz CT molecular complexity index is 630. The van der Waals surface area contributed by atoms with Crippen molar-refractivity contribution in [2.45, 2.75) is 18.9 Å². The van der Waals surface area contributed by atoms with Crippen LogP contribution in [0, 0.1) is 0 Å². The fourth-order valence-electron chi connectivity index (χ4n) is 2.34. The molecule has 0 radical (unpaired) electrons. The van der Waals surface area contributed by atoms with E-state index in [1.807, 2.05) is 14.1 Å². The third-order valence-corrected chi connectivity index (χ3v) is 5.32. The summed E-state index contributed by atoms with van der Waals surface area (Å²) in [6.45, 7) is 1.48. The molecule has 0 saturated carbocycles. The molecule has 1 saturated heterocycles. The fraction of sp³-hybridized carbons (Fsp3) is 0.643. The van der Waals surface area contributed by atoms with Gasteiger partial charge in [0.05, 0.1) is 11.5 Å². The Morgan fingerprint density at radius 3 is 2.70 bits per heavy atom. The molecule has 0 bridgehead atoms. The third-order valence-electron chi connectivity index (χ3n) is 3.55. The standard InChI is InChI=1S/C14H23N5O3S/c1-19(2)8-3-7-15-14(20)12-4-5-13(18-17-12)16-11-6-9-23(21,22)10-11/h4-5,11H,3,6-10H2,1-2H3,(H,15,20)(H,16,18). The third kappa shape index (κ3) is 5.76. The molecule has 1 aromatic rings. The van der Waals surface area contributed by atoms with Crippen molar-refractivity contribution in [2.75, 3.05) is 44.0 Å². The van der Waals surface area contributed by atoms with Gasteiger partial charge < -0.3 is 15.5 Å². The van der Waals surface area contributed by atoms with Gasteiger partial charge in [-0.2, -0.15) is 0 Å². The first-order valence-electron chi connectivity index (χ1n) is 7.59. The maximum atomic E-state index is 11.9. The molecule has 1 fully saturated rings. The van der Waals surface area contributed by atoms with E-state index in [9.17, 15) is 13.2 Å². The Labute approximate surface area is 136 Å². The minimum Gasteiger partial charge on any atom is -0.365 e. The number of aromatic nitrogens is 2. The van der Waals surface area contributed by atoms with E-state index in [2.05, 4.69) is 25.7 Å². The van der Waals surface area contributed by atoms with Gasteiger partial charge >= 0.3 is 0 Å². The first-order valence-corrected chi connectivity index (χ1v) is 9.41. The number of anilines is 1. The molecule has 1 aliphatic heterocycles. The Hall–Kier alpha value is -1.74. The molecule has 0 aliphatic carbocycles. The van der Waals surface area contributed by atoms with E-state index in [0.29, 0.717) is 18.8 Å². The molecule has 9 heteroatoms. The zero-order chi connectivity index (χ0) is 16.9. The molecule has 1 aromatic heterocycles. The van der Waals surface area contributed by atoms with Crippen LogP contribution in [0.3, 0.4) is 0 Å². The molecule has 1 amide bonds. The summed E-state index contributed by atoms with van der Waals surface area (Å²) in [7, 11) is 1.03. The van der Waals surface area contributed by atoms with Gasteiger partial charge in [-0.3, -0.25) is 4.79 Å². The predicted octanol–water partition coefficient (Wildman–Crippen LogP) is -0.243. The average Bonchev–Trinajstić information content (AvgIpc) is 2.83. The van der Waals surface area contributed by atoms with Gasteiger partial charge in [-0.05, 0) is 45.6 Å². The molecule has 2 N–H and O–H groups in total. The number of carbonyl (C=O) groups excluding carboxylic acids is 1. The molecule has 2 heterocycles. The number of rotatable bonds is 7. The van der Waals surface area contributed by atoms with Crippen molar-refractivity contribution in [2.24, 2.45) is 0 Å². The molecule has 23 heavy (non-hydrogen) atoms. The lowest BCUT2D eigenvalue weighted by molar-refractivity contribution is 0.0946. The molecule has 1 atom stereocenters. The minimum atomic E-state index is -2.93. The molecule has 0 aromatic carbocycles. The monoisotopic (exact) mass is 341 g/mol.